The van der Waals surface area contributed by atoms with Crippen LogP contribution in [-0.2, 0) is 0 Å². The van der Waals surface area contributed by atoms with Crippen LogP contribution in [0.15, 0.2) is 4.47 Å². The molecule has 82 valence electrons. The molecule has 0 bridgehead atoms. The van der Waals surface area contributed by atoms with E-state index in [9.17, 15) is 18.0 Å². The van der Waals surface area contributed by atoms with Gasteiger partial charge in [-0.15, -0.1) is 0 Å². The molecule has 0 heterocycles. The Labute approximate surface area is 90.6 Å². The first-order valence-electron chi connectivity index (χ1n) is 3.55. The topological polar surface area (TPSA) is 46.5 Å². The van der Waals surface area contributed by atoms with Gasteiger partial charge in [-0.3, -0.25) is 0 Å². The number of carbonyl (C=O) groups is 1. The maximum absolute atomic E-state index is 13.2. The lowest BCUT2D eigenvalue weighted by atomic mass is 10.2. The number of aromatic carboxylic acids is 1. The SMILES string of the molecule is COc1c(F)c(F)c(C(=O)O)c(F)c1Br. The molecule has 0 saturated carbocycles. The third kappa shape index (κ3) is 1.79. The highest BCUT2D eigenvalue weighted by atomic mass is 79.9. The van der Waals surface area contributed by atoms with Crippen LogP contribution < -0.4 is 4.74 Å². The van der Waals surface area contributed by atoms with Crippen molar-refractivity contribution in [1.82, 2.24) is 0 Å². The summed E-state index contributed by atoms with van der Waals surface area (Å²) in [6.07, 6.45) is 0. The minimum absolute atomic E-state index is 0.568. The molecule has 1 aromatic rings. The molecule has 0 aliphatic heterocycles. The second-order valence-electron chi connectivity index (χ2n) is 2.47. The molecular formula is C8H4BrF3O3. The molecule has 15 heavy (non-hydrogen) atoms. The molecule has 0 aliphatic carbocycles. The molecule has 0 saturated heterocycles. The van der Waals surface area contributed by atoms with Crippen molar-refractivity contribution in [2.75, 3.05) is 7.11 Å². The number of carboxylic acids is 1. The molecule has 1 rings (SSSR count). The maximum atomic E-state index is 13.2. The molecule has 0 spiro atoms. The Bertz CT molecular complexity index is 405. The molecule has 1 N–H and O–H groups in total. The Balaban J connectivity index is 3.66. The normalized spacial score (nSPS) is 10.2. The van der Waals surface area contributed by atoms with Crippen molar-refractivity contribution in [3.63, 3.8) is 0 Å². The third-order valence-corrected chi connectivity index (χ3v) is 2.35. The van der Waals surface area contributed by atoms with Gasteiger partial charge in [0.15, 0.2) is 17.4 Å². The van der Waals surface area contributed by atoms with Crippen molar-refractivity contribution in [3.05, 3.63) is 27.5 Å². The smallest absolute Gasteiger partial charge is 0.341 e. The van der Waals surface area contributed by atoms with Crippen LogP contribution in [0.2, 0.25) is 0 Å². The molecule has 0 fully saturated rings. The zero-order valence-electron chi connectivity index (χ0n) is 7.28. The van der Waals surface area contributed by atoms with Gasteiger partial charge in [-0.25, -0.2) is 13.6 Å². The van der Waals surface area contributed by atoms with Gasteiger partial charge in [-0.2, -0.15) is 4.39 Å². The van der Waals surface area contributed by atoms with Crippen LogP contribution in [0, 0.1) is 17.5 Å². The van der Waals surface area contributed by atoms with E-state index >= 15 is 0 Å². The van der Waals surface area contributed by atoms with E-state index in [4.69, 9.17) is 5.11 Å². The Morgan fingerprint density at radius 3 is 2.20 bits per heavy atom. The number of ether oxygens (including phenoxy) is 1. The van der Waals surface area contributed by atoms with Gasteiger partial charge in [0.1, 0.15) is 5.56 Å². The van der Waals surface area contributed by atoms with Crippen molar-refractivity contribution in [3.8, 4) is 5.75 Å². The van der Waals surface area contributed by atoms with Gasteiger partial charge in [-0.05, 0) is 15.9 Å². The Kier molecular flexibility index (Phi) is 3.23. The van der Waals surface area contributed by atoms with E-state index in [-0.39, 0.29) is 0 Å². The second-order valence-corrected chi connectivity index (χ2v) is 3.26. The fraction of sp³-hybridized carbons (Fsp3) is 0.125. The van der Waals surface area contributed by atoms with Crippen LogP contribution in [-0.4, -0.2) is 18.2 Å². The van der Waals surface area contributed by atoms with Gasteiger partial charge < -0.3 is 9.84 Å². The first kappa shape index (κ1) is 11.8. The number of hydrogen-bond acceptors (Lipinski definition) is 2. The standard InChI is InChI=1S/C8H4BrF3O3/c1-15-7-3(9)4(10)2(8(13)14)5(11)6(7)12/h1H3,(H,13,14). The molecule has 0 aliphatic rings. The fourth-order valence-corrected chi connectivity index (χ4v) is 1.51. The van der Waals surface area contributed by atoms with Gasteiger partial charge in [0.2, 0.25) is 5.82 Å². The molecule has 0 amide bonds. The predicted octanol–water partition coefficient (Wildman–Crippen LogP) is 2.57. The lowest BCUT2D eigenvalue weighted by Gasteiger charge is -2.09. The lowest BCUT2D eigenvalue weighted by molar-refractivity contribution is 0.0684. The minimum Gasteiger partial charge on any atom is -0.492 e. The predicted molar refractivity (Wildman–Crippen MR) is 47.5 cm³/mol. The van der Waals surface area contributed by atoms with Gasteiger partial charge >= 0.3 is 5.97 Å². The quantitative estimate of drug-likeness (QED) is 0.849. The molecule has 1 aromatic carbocycles. The van der Waals surface area contributed by atoms with Crippen LogP contribution in [0.25, 0.3) is 0 Å². The Hall–Kier alpha value is -1.24. The highest BCUT2D eigenvalue weighted by Crippen LogP contribution is 2.35. The van der Waals surface area contributed by atoms with Gasteiger partial charge in [0.25, 0.3) is 0 Å². The van der Waals surface area contributed by atoms with E-state index in [0.29, 0.717) is 0 Å². The number of rotatable bonds is 2. The molecule has 0 atom stereocenters. The molecular weight excluding hydrogens is 281 g/mol. The summed E-state index contributed by atoms with van der Waals surface area (Å²) in [4.78, 5) is 10.4. The van der Waals surface area contributed by atoms with Crippen LogP contribution in [0.1, 0.15) is 10.4 Å². The van der Waals surface area contributed by atoms with Crippen molar-refractivity contribution < 1.29 is 27.8 Å². The van der Waals surface area contributed by atoms with Crippen LogP contribution in [0.4, 0.5) is 13.2 Å². The van der Waals surface area contributed by atoms with Gasteiger partial charge in [0.05, 0.1) is 11.6 Å². The summed E-state index contributed by atoms with van der Waals surface area (Å²) in [6, 6.07) is 0. The van der Waals surface area contributed by atoms with Crippen molar-refractivity contribution in [1.29, 1.82) is 0 Å². The summed E-state index contributed by atoms with van der Waals surface area (Å²) >= 11 is 2.57. The molecule has 0 radical (unpaired) electrons. The van der Waals surface area contributed by atoms with E-state index in [1.54, 1.807) is 0 Å². The number of benzene rings is 1. The van der Waals surface area contributed by atoms with E-state index in [0.717, 1.165) is 7.11 Å². The van der Waals surface area contributed by atoms with E-state index in [1.807, 2.05) is 0 Å². The zero-order valence-corrected chi connectivity index (χ0v) is 8.86. The van der Waals surface area contributed by atoms with E-state index in [2.05, 4.69) is 20.7 Å². The number of methoxy groups -OCH3 is 1. The first-order valence-corrected chi connectivity index (χ1v) is 4.34. The molecule has 7 heteroatoms. The zero-order chi connectivity index (χ0) is 11.7. The fourth-order valence-electron chi connectivity index (χ4n) is 0.979. The number of hydrogen-bond donors (Lipinski definition) is 1. The first-order chi connectivity index (χ1) is 6.91. The summed E-state index contributed by atoms with van der Waals surface area (Å²) in [6.45, 7) is 0. The van der Waals surface area contributed by atoms with Crippen molar-refractivity contribution >= 4 is 21.9 Å². The van der Waals surface area contributed by atoms with E-state index < -0.39 is 39.2 Å². The average Bonchev–Trinajstić information content (AvgIpc) is 2.16. The Morgan fingerprint density at radius 1 is 1.27 bits per heavy atom. The largest absolute Gasteiger partial charge is 0.492 e. The minimum atomic E-state index is -1.90. The third-order valence-electron chi connectivity index (χ3n) is 1.64. The summed E-state index contributed by atoms with van der Waals surface area (Å²) in [7, 11) is 1.00. The van der Waals surface area contributed by atoms with Gasteiger partial charge in [0, 0.05) is 0 Å². The van der Waals surface area contributed by atoms with Crippen LogP contribution in [0.3, 0.4) is 0 Å². The molecule has 0 aromatic heterocycles. The summed E-state index contributed by atoms with van der Waals surface area (Å²) in [5.74, 6) is -7.37. The second kappa shape index (κ2) is 4.09. The highest BCUT2D eigenvalue weighted by molar-refractivity contribution is 9.10. The number of carboxylic acid groups (broad SMARTS) is 1. The average molecular weight is 285 g/mol. The van der Waals surface area contributed by atoms with Gasteiger partial charge in [-0.1, -0.05) is 0 Å². The monoisotopic (exact) mass is 284 g/mol. The van der Waals surface area contributed by atoms with Crippen molar-refractivity contribution in [2.24, 2.45) is 0 Å². The Morgan fingerprint density at radius 2 is 1.80 bits per heavy atom. The molecule has 3 nitrogen and oxygen atoms in total. The highest BCUT2D eigenvalue weighted by Gasteiger charge is 2.28. The van der Waals surface area contributed by atoms with E-state index in [1.165, 1.54) is 0 Å². The summed E-state index contributed by atoms with van der Waals surface area (Å²) in [5, 5.41) is 8.45. The van der Waals surface area contributed by atoms with Crippen molar-refractivity contribution in [2.45, 2.75) is 0 Å². The maximum Gasteiger partial charge on any atom is 0.341 e. The molecule has 0 unspecified atom stereocenters. The summed E-state index contributed by atoms with van der Waals surface area (Å²) in [5.41, 5.74) is -1.36. The van der Waals surface area contributed by atoms with Crippen LogP contribution >= 0.6 is 15.9 Å². The van der Waals surface area contributed by atoms with Crippen LogP contribution in [0.5, 0.6) is 5.75 Å². The number of halogens is 4. The summed E-state index contributed by atoms with van der Waals surface area (Å²) < 4.78 is 43.2. The lowest BCUT2D eigenvalue weighted by Crippen LogP contribution is -2.09.